The molecule has 1 saturated heterocycles. The van der Waals surface area contributed by atoms with Crippen LogP contribution in [0.4, 0.5) is 10.7 Å². The Labute approximate surface area is 132 Å². The molecule has 112 valence electrons. The van der Waals surface area contributed by atoms with Crippen LogP contribution in [-0.2, 0) is 0 Å². The van der Waals surface area contributed by atoms with Gasteiger partial charge in [-0.3, -0.25) is 4.79 Å². The van der Waals surface area contributed by atoms with Gasteiger partial charge in [0.1, 0.15) is 9.88 Å². The van der Waals surface area contributed by atoms with Crippen molar-refractivity contribution in [1.29, 1.82) is 0 Å². The summed E-state index contributed by atoms with van der Waals surface area (Å²) in [7, 11) is 0. The van der Waals surface area contributed by atoms with Crippen molar-refractivity contribution in [3.8, 4) is 0 Å². The van der Waals surface area contributed by atoms with Gasteiger partial charge in [0.25, 0.3) is 5.91 Å². The van der Waals surface area contributed by atoms with E-state index < -0.39 is 0 Å². The number of amides is 1. The van der Waals surface area contributed by atoms with Gasteiger partial charge in [-0.05, 0) is 13.2 Å². The zero-order chi connectivity index (χ0) is 14.7. The van der Waals surface area contributed by atoms with Gasteiger partial charge in [-0.25, -0.2) is 0 Å². The lowest BCUT2D eigenvalue weighted by Crippen LogP contribution is -2.36. The Morgan fingerprint density at radius 3 is 2.95 bits per heavy atom. The summed E-state index contributed by atoms with van der Waals surface area (Å²) in [5.41, 5.74) is 6.82. The van der Waals surface area contributed by atoms with Crippen molar-refractivity contribution in [3.63, 3.8) is 0 Å². The van der Waals surface area contributed by atoms with E-state index >= 15 is 0 Å². The van der Waals surface area contributed by atoms with Gasteiger partial charge in [-0.15, -0.1) is 23.1 Å². The molecule has 1 fully saturated rings. The van der Waals surface area contributed by atoms with Gasteiger partial charge in [0.15, 0.2) is 0 Å². The normalized spacial score (nSPS) is 19.1. The molecule has 7 heteroatoms. The van der Waals surface area contributed by atoms with E-state index in [1.54, 1.807) is 11.8 Å². The minimum Gasteiger partial charge on any atom is -0.396 e. The Kier molecular flexibility index (Phi) is 5.51. The predicted molar refractivity (Wildman–Crippen MR) is 92.7 cm³/mol. The van der Waals surface area contributed by atoms with Gasteiger partial charge < -0.3 is 16.0 Å². The minimum atomic E-state index is -0.0593. The third-order valence-corrected chi connectivity index (χ3v) is 6.51. The van der Waals surface area contributed by atoms with E-state index in [4.69, 9.17) is 5.73 Å². The molecule has 0 saturated carbocycles. The number of nitrogens with one attached hydrogen (secondary N) is 1. The number of nitrogens with zero attached hydrogens (tertiary/aromatic N) is 1. The lowest BCUT2D eigenvalue weighted by Gasteiger charge is -2.31. The van der Waals surface area contributed by atoms with Crippen LogP contribution in [0.15, 0.2) is 4.90 Å². The zero-order valence-electron chi connectivity index (χ0n) is 12.1. The fourth-order valence-electron chi connectivity index (χ4n) is 2.23. The minimum absolute atomic E-state index is 0.0593. The Hall–Kier alpha value is -0.530. The standard InChI is InChI=1S/C13H21N3OS3/c1-4-15-12(17)10-9(14)11(18-3)13(20-10)16-5-6-19-8(2)7-16/h8H,4-7,14H2,1-3H3,(H,15,17). The van der Waals surface area contributed by atoms with Gasteiger partial charge in [-0.1, -0.05) is 6.92 Å². The maximum atomic E-state index is 12.1. The molecule has 3 N–H and O–H groups in total. The summed E-state index contributed by atoms with van der Waals surface area (Å²) in [6.45, 7) is 6.83. The van der Waals surface area contributed by atoms with Crippen molar-refractivity contribution in [2.45, 2.75) is 24.0 Å². The number of thioether (sulfide) groups is 2. The van der Waals surface area contributed by atoms with Crippen LogP contribution in [0.2, 0.25) is 0 Å². The summed E-state index contributed by atoms with van der Waals surface area (Å²) in [6.07, 6.45) is 2.02. The molecule has 0 radical (unpaired) electrons. The Bertz CT molecular complexity index is 489. The number of nitrogens with two attached hydrogens (primary N) is 1. The largest absolute Gasteiger partial charge is 0.396 e. The average molecular weight is 332 g/mol. The van der Waals surface area contributed by atoms with Crippen molar-refractivity contribution in [2.75, 3.05) is 42.3 Å². The second kappa shape index (κ2) is 6.95. The Morgan fingerprint density at radius 1 is 1.60 bits per heavy atom. The number of anilines is 2. The van der Waals surface area contributed by atoms with E-state index in [1.807, 2.05) is 24.9 Å². The summed E-state index contributed by atoms with van der Waals surface area (Å²) in [4.78, 5) is 16.2. The molecule has 20 heavy (non-hydrogen) atoms. The van der Waals surface area contributed by atoms with E-state index in [0.717, 1.165) is 28.7 Å². The molecule has 1 aromatic heterocycles. The first-order valence-electron chi connectivity index (χ1n) is 6.69. The molecule has 0 aromatic carbocycles. The van der Waals surface area contributed by atoms with E-state index in [0.29, 0.717) is 22.4 Å². The van der Waals surface area contributed by atoms with Crippen LogP contribution in [0.25, 0.3) is 0 Å². The lowest BCUT2D eigenvalue weighted by atomic mass is 10.3. The number of hydrogen-bond acceptors (Lipinski definition) is 6. The summed E-state index contributed by atoms with van der Waals surface area (Å²) in [6, 6.07) is 0. The number of carbonyl (C=O) groups is 1. The predicted octanol–water partition coefficient (Wildman–Crippen LogP) is 2.74. The summed E-state index contributed by atoms with van der Waals surface area (Å²) < 4.78 is 0. The van der Waals surface area contributed by atoms with Crippen molar-refractivity contribution in [2.24, 2.45) is 0 Å². The maximum Gasteiger partial charge on any atom is 0.263 e. The third kappa shape index (κ3) is 3.20. The molecule has 0 bridgehead atoms. The van der Waals surface area contributed by atoms with E-state index in [1.165, 1.54) is 11.3 Å². The molecule has 4 nitrogen and oxygen atoms in total. The molecule has 1 amide bonds. The first kappa shape index (κ1) is 15.9. The average Bonchev–Trinajstić information content (AvgIpc) is 2.76. The second-order valence-electron chi connectivity index (χ2n) is 4.67. The fourth-order valence-corrected chi connectivity index (χ4v) is 5.38. The molecule has 0 spiro atoms. The molecular formula is C13H21N3OS3. The van der Waals surface area contributed by atoms with Crippen LogP contribution in [0.3, 0.4) is 0 Å². The quantitative estimate of drug-likeness (QED) is 0.831. The molecule has 1 aromatic rings. The topological polar surface area (TPSA) is 58.4 Å². The van der Waals surface area contributed by atoms with Crippen LogP contribution < -0.4 is 16.0 Å². The van der Waals surface area contributed by atoms with Crippen LogP contribution in [0.5, 0.6) is 0 Å². The van der Waals surface area contributed by atoms with Gasteiger partial charge in [0, 0.05) is 30.6 Å². The maximum absolute atomic E-state index is 12.1. The number of carbonyl (C=O) groups excluding carboxylic acids is 1. The lowest BCUT2D eigenvalue weighted by molar-refractivity contribution is 0.0960. The zero-order valence-corrected chi connectivity index (χ0v) is 14.5. The number of hydrogen-bond donors (Lipinski definition) is 2. The van der Waals surface area contributed by atoms with Crippen LogP contribution >= 0.6 is 34.9 Å². The number of nitrogen functional groups attached to an aromatic ring is 1. The van der Waals surface area contributed by atoms with Crippen molar-refractivity contribution in [3.05, 3.63) is 4.88 Å². The van der Waals surface area contributed by atoms with Crippen molar-refractivity contribution in [1.82, 2.24) is 5.32 Å². The SMILES string of the molecule is CCNC(=O)c1sc(N2CCSC(C)C2)c(SC)c1N. The molecule has 2 rings (SSSR count). The third-order valence-electron chi connectivity index (χ3n) is 3.16. The molecule has 0 aliphatic carbocycles. The van der Waals surface area contributed by atoms with Gasteiger partial charge in [-0.2, -0.15) is 11.8 Å². The fraction of sp³-hybridized carbons (Fsp3) is 0.615. The molecular weight excluding hydrogens is 310 g/mol. The van der Waals surface area contributed by atoms with Gasteiger partial charge >= 0.3 is 0 Å². The monoisotopic (exact) mass is 331 g/mol. The number of thiophene rings is 1. The smallest absolute Gasteiger partial charge is 0.263 e. The first-order valence-corrected chi connectivity index (χ1v) is 9.78. The molecule has 1 aliphatic heterocycles. The number of rotatable bonds is 4. The van der Waals surface area contributed by atoms with E-state index in [9.17, 15) is 4.79 Å². The second-order valence-corrected chi connectivity index (χ2v) is 8.03. The van der Waals surface area contributed by atoms with Crippen LogP contribution in [0.1, 0.15) is 23.5 Å². The van der Waals surface area contributed by atoms with Crippen molar-refractivity contribution < 1.29 is 4.79 Å². The van der Waals surface area contributed by atoms with Crippen molar-refractivity contribution >= 4 is 51.5 Å². The Morgan fingerprint density at radius 2 is 2.35 bits per heavy atom. The van der Waals surface area contributed by atoms with E-state index in [2.05, 4.69) is 17.1 Å². The van der Waals surface area contributed by atoms with Crippen LogP contribution in [-0.4, -0.2) is 42.8 Å². The highest BCUT2D eigenvalue weighted by atomic mass is 32.2. The summed E-state index contributed by atoms with van der Waals surface area (Å²) >= 11 is 5.16. The highest BCUT2D eigenvalue weighted by molar-refractivity contribution is 8.00. The van der Waals surface area contributed by atoms with Gasteiger partial charge in [0.05, 0.1) is 10.6 Å². The van der Waals surface area contributed by atoms with E-state index in [-0.39, 0.29) is 5.91 Å². The highest BCUT2D eigenvalue weighted by Crippen LogP contribution is 2.44. The van der Waals surface area contributed by atoms with Crippen LogP contribution in [0, 0.1) is 0 Å². The highest BCUT2D eigenvalue weighted by Gasteiger charge is 2.26. The molecule has 1 atom stereocenters. The molecule has 2 heterocycles. The summed E-state index contributed by atoms with van der Waals surface area (Å²) in [5, 5.41) is 4.61. The van der Waals surface area contributed by atoms with Gasteiger partial charge in [0.2, 0.25) is 0 Å². The summed E-state index contributed by atoms with van der Waals surface area (Å²) in [5.74, 6) is 1.07. The molecule has 1 unspecified atom stereocenters. The Balaban J connectivity index is 2.32. The first-order chi connectivity index (χ1) is 9.58. The molecule has 1 aliphatic rings.